The summed E-state index contributed by atoms with van der Waals surface area (Å²) in [6.07, 6.45) is 1.25. The number of anilines is 1. The van der Waals surface area contributed by atoms with Crippen molar-refractivity contribution < 1.29 is 9.59 Å². The largest absolute Gasteiger partial charge is 0.364 e. The number of primary amides is 1. The first-order chi connectivity index (χ1) is 6.15. The molecule has 1 aromatic rings. The van der Waals surface area contributed by atoms with Crippen LogP contribution in [0.1, 0.15) is 10.5 Å². The highest BCUT2D eigenvalue weighted by atomic mass is 35.5. The monoisotopic (exact) mass is 202 g/mol. The summed E-state index contributed by atoms with van der Waals surface area (Å²) in [6, 6.07) is 0. The van der Waals surface area contributed by atoms with Crippen LogP contribution in [0.5, 0.6) is 0 Å². The molecule has 0 unspecified atom stereocenters. The Bertz CT molecular complexity index is 335. The number of H-pyrrole nitrogens is 1. The van der Waals surface area contributed by atoms with Gasteiger partial charge in [0.2, 0.25) is 5.91 Å². The lowest BCUT2D eigenvalue weighted by Crippen LogP contribution is -2.18. The number of nitrogens with two attached hydrogens (primary N) is 1. The molecule has 0 aliphatic rings. The molecular weight excluding hydrogens is 196 g/mol. The molecule has 0 bridgehead atoms. The van der Waals surface area contributed by atoms with Crippen LogP contribution in [0.25, 0.3) is 0 Å². The average Bonchev–Trinajstić information content (AvgIpc) is 2.52. The maximum atomic E-state index is 10.8. The minimum Gasteiger partial charge on any atom is -0.364 e. The zero-order valence-electron chi connectivity index (χ0n) is 6.50. The van der Waals surface area contributed by atoms with Crippen LogP contribution in [0.4, 0.5) is 5.82 Å². The van der Waals surface area contributed by atoms with E-state index in [0.29, 0.717) is 0 Å². The van der Waals surface area contributed by atoms with Gasteiger partial charge in [0.25, 0.3) is 5.91 Å². The summed E-state index contributed by atoms with van der Waals surface area (Å²) in [4.78, 5) is 27.7. The van der Waals surface area contributed by atoms with Crippen LogP contribution in [0.2, 0.25) is 0 Å². The van der Waals surface area contributed by atoms with Gasteiger partial charge in [0.1, 0.15) is 11.6 Å². The number of imidazole rings is 1. The predicted molar refractivity (Wildman–Crippen MR) is 46.5 cm³/mol. The number of amides is 2. The molecule has 0 saturated heterocycles. The summed E-state index contributed by atoms with van der Waals surface area (Å²) in [5.74, 6) is -1.25. The van der Waals surface area contributed by atoms with Gasteiger partial charge in [-0.3, -0.25) is 9.59 Å². The van der Waals surface area contributed by atoms with Gasteiger partial charge in [-0.05, 0) is 0 Å². The van der Waals surface area contributed by atoms with E-state index in [2.05, 4.69) is 15.3 Å². The van der Waals surface area contributed by atoms with E-state index in [0.717, 1.165) is 0 Å². The molecule has 2 amide bonds. The molecule has 13 heavy (non-hydrogen) atoms. The molecule has 0 aliphatic carbocycles. The van der Waals surface area contributed by atoms with Gasteiger partial charge in [-0.15, -0.1) is 11.6 Å². The molecule has 0 spiro atoms. The number of halogens is 1. The van der Waals surface area contributed by atoms with E-state index >= 15 is 0 Å². The number of hydrogen-bond donors (Lipinski definition) is 3. The lowest BCUT2D eigenvalue weighted by Gasteiger charge is -1.99. The number of nitrogens with zero attached hydrogens (tertiary/aromatic N) is 1. The van der Waals surface area contributed by atoms with Gasteiger partial charge in [-0.1, -0.05) is 0 Å². The quantitative estimate of drug-likeness (QED) is 0.586. The Kier molecular flexibility index (Phi) is 2.86. The molecule has 4 N–H and O–H groups in total. The maximum absolute atomic E-state index is 10.8. The van der Waals surface area contributed by atoms with E-state index in [9.17, 15) is 9.59 Å². The fourth-order valence-electron chi connectivity index (χ4n) is 0.742. The Morgan fingerprint density at radius 2 is 2.38 bits per heavy atom. The van der Waals surface area contributed by atoms with Crippen molar-refractivity contribution in [2.75, 3.05) is 11.2 Å². The standard InChI is InChI=1S/C6H7ClN4O2/c7-1-3(12)11-6-4(5(8)13)9-2-10-6/h2H,1H2,(H2,8,13)(H,9,10)(H,11,12). The smallest absolute Gasteiger partial charge is 0.269 e. The van der Waals surface area contributed by atoms with Crippen molar-refractivity contribution in [3.63, 3.8) is 0 Å². The molecule has 7 heteroatoms. The topological polar surface area (TPSA) is 101 Å². The van der Waals surface area contributed by atoms with Crippen LogP contribution in [0.15, 0.2) is 6.33 Å². The number of rotatable bonds is 3. The average molecular weight is 203 g/mol. The fraction of sp³-hybridized carbons (Fsp3) is 0.167. The third-order valence-corrected chi connectivity index (χ3v) is 1.51. The zero-order chi connectivity index (χ0) is 9.84. The normalized spacial score (nSPS) is 9.62. The van der Waals surface area contributed by atoms with Gasteiger partial charge in [0.05, 0.1) is 6.33 Å². The van der Waals surface area contributed by atoms with Gasteiger partial charge in [-0.25, -0.2) is 4.98 Å². The molecular formula is C6H7ClN4O2. The van der Waals surface area contributed by atoms with Crippen molar-refractivity contribution in [3.05, 3.63) is 12.0 Å². The van der Waals surface area contributed by atoms with E-state index in [-0.39, 0.29) is 17.4 Å². The van der Waals surface area contributed by atoms with Gasteiger partial charge in [0.15, 0.2) is 5.82 Å². The molecule has 0 aromatic carbocycles. The Morgan fingerprint density at radius 1 is 1.69 bits per heavy atom. The number of aromatic nitrogens is 2. The molecule has 6 nitrogen and oxygen atoms in total. The van der Waals surface area contributed by atoms with Gasteiger partial charge < -0.3 is 16.0 Å². The second-order valence-corrected chi connectivity index (χ2v) is 2.44. The Morgan fingerprint density at radius 3 is 2.92 bits per heavy atom. The van der Waals surface area contributed by atoms with Gasteiger partial charge >= 0.3 is 0 Å². The summed E-state index contributed by atoms with van der Waals surface area (Å²) in [7, 11) is 0. The summed E-state index contributed by atoms with van der Waals surface area (Å²) in [6.45, 7) is 0. The van der Waals surface area contributed by atoms with Crippen LogP contribution in [-0.4, -0.2) is 27.7 Å². The second kappa shape index (κ2) is 3.90. The molecule has 70 valence electrons. The SMILES string of the molecule is NC(=O)c1[nH]cnc1NC(=O)CCl. The summed E-state index contributed by atoms with van der Waals surface area (Å²) in [5, 5.41) is 2.31. The predicted octanol–water partition coefficient (Wildman–Crippen LogP) is -0.314. The molecule has 0 saturated carbocycles. The van der Waals surface area contributed by atoms with E-state index < -0.39 is 11.8 Å². The van der Waals surface area contributed by atoms with Crippen molar-refractivity contribution in [2.24, 2.45) is 5.73 Å². The number of alkyl halides is 1. The zero-order valence-corrected chi connectivity index (χ0v) is 7.26. The first kappa shape index (κ1) is 9.53. The van der Waals surface area contributed by atoms with E-state index in [4.69, 9.17) is 17.3 Å². The number of aromatic amines is 1. The third kappa shape index (κ3) is 2.19. The number of nitrogens with one attached hydrogen (secondary N) is 2. The molecule has 1 rings (SSSR count). The third-order valence-electron chi connectivity index (χ3n) is 1.26. The van der Waals surface area contributed by atoms with Crippen molar-refractivity contribution in [1.29, 1.82) is 0 Å². The van der Waals surface area contributed by atoms with E-state index in [1.54, 1.807) is 0 Å². The number of carbonyl (C=O) groups is 2. The summed E-state index contributed by atoms with van der Waals surface area (Å²) in [5.41, 5.74) is 5.04. The Hall–Kier alpha value is -1.56. The lowest BCUT2D eigenvalue weighted by atomic mass is 10.4. The highest BCUT2D eigenvalue weighted by Crippen LogP contribution is 2.07. The van der Waals surface area contributed by atoms with Crippen LogP contribution >= 0.6 is 11.6 Å². The van der Waals surface area contributed by atoms with Crippen LogP contribution in [0.3, 0.4) is 0 Å². The van der Waals surface area contributed by atoms with Crippen LogP contribution in [-0.2, 0) is 4.79 Å². The second-order valence-electron chi connectivity index (χ2n) is 2.17. The van der Waals surface area contributed by atoms with Crippen molar-refractivity contribution in [1.82, 2.24) is 9.97 Å². The highest BCUT2D eigenvalue weighted by molar-refractivity contribution is 6.29. The van der Waals surface area contributed by atoms with E-state index in [1.807, 2.05) is 0 Å². The highest BCUT2D eigenvalue weighted by Gasteiger charge is 2.12. The Balaban J connectivity index is 2.82. The minimum atomic E-state index is -0.692. The van der Waals surface area contributed by atoms with E-state index in [1.165, 1.54) is 6.33 Å². The van der Waals surface area contributed by atoms with Gasteiger partial charge in [0, 0.05) is 0 Å². The number of hydrogen-bond acceptors (Lipinski definition) is 3. The summed E-state index contributed by atoms with van der Waals surface area (Å²) >= 11 is 5.23. The minimum absolute atomic E-state index is 0.0541. The van der Waals surface area contributed by atoms with Gasteiger partial charge in [-0.2, -0.15) is 0 Å². The first-order valence-electron chi connectivity index (χ1n) is 3.34. The van der Waals surface area contributed by atoms with Crippen LogP contribution < -0.4 is 11.1 Å². The lowest BCUT2D eigenvalue weighted by molar-refractivity contribution is -0.113. The first-order valence-corrected chi connectivity index (χ1v) is 3.87. The van der Waals surface area contributed by atoms with Crippen LogP contribution in [0, 0.1) is 0 Å². The van der Waals surface area contributed by atoms with Crippen molar-refractivity contribution in [2.45, 2.75) is 0 Å². The molecule has 1 heterocycles. The number of carbonyl (C=O) groups excluding carboxylic acids is 2. The maximum Gasteiger partial charge on any atom is 0.269 e. The summed E-state index contributed by atoms with van der Waals surface area (Å²) < 4.78 is 0. The molecule has 0 aliphatic heterocycles. The van der Waals surface area contributed by atoms with Crippen molar-refractivity contribution in [3.8, 4) is 0 Å². The fourth-order valence-corrected chi connectivity index (χ4v) is 0.809. The Labute approximate surface area is 78.5 Å². The van der Waals surface area contributed by atoms with Crippen molar-refractivity contribution >= 4 is 29.2 Å². The molecule has 0 atom stereocenters. The molecule has 0 fully saturated rings. The molecule has 0 radical (unpaired) electrons. The molecule has 1 aromatic heterocycles.